The molecule has 1 fully saturated rings. The molecule has 0 aliphatic carbocycles. The second-order valence-electron chi connectivity index (χ2n) is 4.48. The summed E-state index contributed by atoms with van der Waals surface area (Å²) in [5, 5.41) is 11.5. The molecular weight excluding hydrogens is 188 g/mol. The number of rotatable bonds is 1. The zero-order valence-corrected chi connectivity index (χ0v) is 9.00. The molecule has 1 saturated heterocycles. The average molecular weight is 206 g/mol. The summed E-state index contributed by atoms with van der Waals surface area (Å²) in [7, 11) is 0. The molecule has 3 rings (SSSR count). The van der Waals surface area contributed by atoms with Crippen molar-refractivity contribution < 1.29 is 0 Å². The first-order chi connectivity index (χ1) is 7.43. The number of nitrogens with one attached hydrogen (secondary N) is 2. The zero-order valence-electron chi connectivity index (χ0n) is 9.00. The van der Waals surface area contributed by atoms with Gasteiger partial charge in [0.25, 0.3) is 0 Å². The van der Waals surface area contributed by atoms with Crippen molar-refractivity contribution in [2.45, 2.75) is 31.7 Å². The van der Waals surface area contributed by atoms with E-state index in [1.165, 1.54) is 30.8 Å². The summed E-state index contributed by atoms with van der Waals surface area (Å²) in [6, 6.07) is 2.25. The van der Waals surface area contributed by atoms with Gasteiger partial charge in [-0.1, -0.05) is 0 Å². The maximum atomic E-state index is 4.70. The van der Waals surface area contributed by atoms with Crippen molar-refractivity contribution in [3.8, 4) is 0 Å². The lowest BCUT2D eigenvalue weighted by molar-refractivity contribution is 0.445. The summed E-state index contributed by atoms with van der Waals surface area (Å²) in [6.45, 7) is 4.45. The van der Waals surface area contributed by atoms with Crippen LogP contribution < -0.4 is 10.6 Å². The monoisotopic (exact) mass is 206 g/mol. The van der Waals surface area contributed by atoms with E-state index in [2.05, 4.69) is 21.4 Å². The molecule has 0 radical (unpaired) electrons. The zero-order chi connectivity index (χ0) is 10.1. The van der Waals surface area contributed by atoms with Crippen molar-refractivity contribution in [1.82, 2.24) is 15.1 Å². The lowest BCUT2D eigenvalue weighted by Gasteiger charge is -2.20. The molecule has 82 valence electrons. The van der Waals surface area contributed by atoms with E-state index in [-0.39, 0.29) is 0 Å². The average Bonchev–Trinajstić information content (AvgIpc) is 2.74. The van der Waals surface area contributed by atoms with Crippen LogP contribution in [-0.4, -0.2) is 29.4 Å². The molecule has 0 aromatic carbocycles. The number of anilines is 1. The van der Waals surface area contributed by atoms with Crippen molar-refractivity contribution in [3.63, 3.8) is 0 Å². The Kier molecular flexibility index (Phi) is 2.37. The molecule has 3 heterocycles. The fourth-order valence-corrected chi connectivity index (χ4v) is 2.51. The van der Waals surface area contributed by atoms with Gasteiger partial charge in [-0.05, 0) is 32.4 Å². The molecule has 1 aromatic rings. The highest BCUT2D eigenvalue weighted by molar-refractivity contribution is 5.39. The predicted molar refractivity (Wildman–Crippen MR) is 60.2 cm³/mol. The molecule has 15 heavy (non-hydrogen) atoms. The van der Waals surface area contributed by atoms with Gasteiger partial charge in [-0.3, -0.25) is 0 Å². The Balaban J connectivity index is 1.82. The topological polar surface area (TPSA) is 41.9 Å². The van der Waals surface area contributed by atoms with Crippen molar-refractivity contribution in [3.05, 3.63) is 11.8 Å². The first-order valence-electron chi connectivity index (χ1n) is 5.96. The van der Waals surface area contributed by atoms with Crippen molar-refractivity contribution in [1.29, 1.82) is 0 Å². The van der Waals surface area contributed by atoms with E-state index >= 15 is 0 Å². The second kappa shape index (κ2) is 3.85. The number of aromatic nitrogens is 2. The van der Waals surface area contributed by atoms with Crippen LogP contribution in [0.1, 0.15) is 30.9 Å². The van der Waals surface area contributed by atoms with E-state index in [9.17, 15) is 0 Å². The minimum absolute atomic E-state index is 0.672. The smallest absolute Gasteiger partial charge is 0.124 e. The standard InChI is InChI=1S/C11H18N4/c1-4-13-11-8-10(14-15(11)7-1)9-2-5-12-6-3-9/h8-9,12-13H,1-7H2. The maximum Gasteiger partial charge on any atom is 0.124 e. The lowest BCUT2D eigenvalue weighted by Crippen LogP contribution is -2.26. The Bertz CT molecular complexity index is 315. The summed E-state index contributed by atoms with van der Waals surface area (Å²) in [5.74, 6) is 1.89. The molecule has 4 nitrogen and oxygen atoms in total. The highest BCUT2D eigenvalue weighted by Crippen LogP contribution is 2.27. The van der Waals surface area contributed by atoms with Gasteiger partial charge in [0.1, 0.15) is 5.82 Å². The number of nitrogens with zero attached hydrogens (tertiary/aromatic N) is 2. The van der Waals surface area contributed by atoms with Crippen molar-refractivity contribution >= 4 is 5.82 Å². The summed E-state index contributed by atoms with van der Waals surface area (Å²) in [4.78, 5) is 0. The van der Waals surface area contributed by atoms with Gasteiger partial charge in [0.2, 0.25) is 0 Å². The van der Waals surface area contributed by atoms with E-state index in [1.54, 1.807) is 0 Å². The summed E-state index contributed by atoms with van der Waals surface area (Å²) in [6.07, 6.45) is 3.66. The Hall–Kier alpha value is -1.03. The van der Waals surface area contributed by atoms with Gasteiger partial charge in [0, 0.05) is 25.1 Å². The molecule has 0 saturated carbocycles. The summed E-state index contributed by atoms with van der Waals surface area (Å²) >= 11 is 0. The number of piperidine rings is 1. The fourth-order valence-electron chi connectivity index (χ4n) is 2.51. The molecule has 0 unspecified atom stereocenters. The predicted octanol–water partition coefficient (Wildman–Crippen LogP) is 1.17. The fraction of sp³-hybridized carbons (Fsp3) is 0.727. The van der Waals surface area contributed by atoms with Gasteiger partial charge in [-0.2, -0.15) is 5.10 Å². The van der Waals surface area contributed by atoms with Gasteiger partial charge < -0.3 is 10.6 Å². The first kappa shape index (κ1) is 9.21. The van der Waals surface area contributed by atoms with Crippen LogP contribution in [0.5, 0.6) is 0 Å². The minimum Gasteiger partial charge on any atom is -0.370 e. The Morgan fingerprint density at radius 1 is 1.27 bits per heavy atom. The third kappa shape index (κ3) is 1.74. The van der Waals surface area contributed by atoms with Crippen LogP contribution in [0.4, 0.5) is 5.82 Å². The van der Waals surface area contributed by atoms with Crippen LogP contribution in [0.2, 0.25) is 0 Å². The van der Waals surface area contributed by atoms with Gasteiger partial charge in [-0.15, -0.1) is 0 Å². The molecule has 0 spiro atoms. The molecule has 2 aliphatic heterocycles. The molecule has 2 N–H and O–H groups in total. The maximum absolute atomic E-state index is 4.70. The first-order valence-corrected chi connectivity index (χ1v) is 5.96. The largest absolute Gasteiger partial charge is 0.370 e. The van der Waals surface area contributed by atoms with Gasteiger partial charge in [0.15, 0.2) is 0 Å². The minimum atomic E-state index is 0.672. The summed E-state index contributed by atoms with van der Waals surface area (Å²) < 4.78 is 2.13. The molecule has 0 bridgehead atoms. The highest BCUT2D eigenvalue weighted by Gasteiger charge is 2.20. The van der Waals surface area contributed by atoms with Crippen LogP contribution in [0.3, 0.4) is 0 Å². The lowest BCUT2D eigenvalue weighted by atomic mass is 9.95. The molecule has 2 aliphatic rings. The van der Waals surface area contributed by atoms with E-state index in [0.29, 0.717) is 5.92 Å². The second-order valence-corrected chi connectivity index (χ2v) is 4.48. The highest BCUT2D eigenvalue weighted by atomic mass is 15.3. The number of hydrogen-bond donors (Lipinski definition) is 2. The molecule has 0 atom stereocenters. The van der Waals surface area contributed by atoms with Crippen LogP contribution in [0.25, 0.3) is 0 Å². The molecule has 0 amide bonds. The van der Waals surface area contributed by atoms with Crippen molar-refractivity contribution in [2.24, 2.45) is 0 Å². The Morgan fingerprint density at radius 2 is 2.13 bits per heavy atom. The Morgan fingerprint density at radius 3 is 2.93 bits per heavy atom. The van der Waals surface area contributed by atoms with Crippen LogP contribution in [-0.2, 0) is 6.54 Å². The van der Waals surface area contributed by atoms with E-state index in [4.69, 9.17) is 5.10 Å². The van der Waals surface area contributed by atoms with E-state index in [1.807, 2.05) is 0 Å². The molecular formula is C11H18N4. The quantitative estimate of drug-likeness (QED) is 0.724. The third-order valence-corrected chi connectivity index (χ3v) is 3.41. The summed E-state index contributed by atoms with van der Waals surface area (Å²) in [5.41, 5.74) is 1.29. The number of hydrogen-bond acceptors (Lipinski definition) is 3. The van der Waals surface area contributed by atoms with Crippen LogP contribution in [0.15, 0.2) is 6.07 Å². The van der Waals surface area contributed by atoms with E-state index < -0.39 is 0 Å². The molecule has 4 heteroatoms. The van der Waals surface area contributed by atoms with Gasteiger partial charge >= 0.3 is 0 Å². The van der Waals surface area contributed by atoms with Crippen LogP contribution >= 0.6 is 0 Å². The van der Waals surface area contributed by atoms with Crippen molar-refractivity contribution in [2.75, 3.05) is 25.0 Å². The van der Waals surface area contributed by atoms with Gasteiger partial charge in [0.05, 0.1) is 5.69 Å². The SMILES string of the molecule is c1c(C2CCNCC2)nn2c1NCCC2. The third-order valence-electron chi connectivity index (χ3n) is 3.41. The van der Waals surface area contributed by atoms with E-state index in [0.717, 1.165) is 26.2 Å². The van der Waals surface area contributed by atoms with Gasteiger partial charge in [-0.25, -0.2) is 4.68 Å². The normalized spacial score (nSPS) is 22.1. The number of aryl methyl sites for hydroxylation is 1. The Labute approximate surface area is 90.0 Å². The number of fused-ring (bicyclic) bond motifs is 1. The van der Waals surface area contributed by atoms with Crippen LogP contribution in [0, 0.1) is 0 Å². The molecule has 1 aromatic heterocycles.